The summed E-state index contributed by atoms with van der Waals surface area (Å²) < 4.78 is 12.8. The molecule has 0 spiro atoms. The number of benzene rings is 1. The number of nitrogens with one attached hydrogen (secondary N) is 1. The van der Waals surface area contributed by atoms with Crippen molar-refractivity contribution in [2.75, 3.05) is 11.9 Å². The first kappa shape index (κ1) is 15.3. The van der Waals surface area contributed by atoms with Gasteiger partial charge in [-0.05, 0) is 55.4 Å². The third-order valence-corrected chi connectivity index (χ3v) is 5.71. The summed E-state index contributed by atoms with van der Waals surface area (Å²) >= 11 is 0. The molecule has 0 radical (unpaired) electrons. The molecule has 3 aliphatic rings. The highest BCUT2D eigenvalue weighted by atomic mass is 19.1. The molecule has 1 aromatic rings. The van der Waals surface area contributed by atoms with Gasteiger partial charge in [-0.1, -0.05) is 0 Å². The SMILES string of the molecule is O=C(CCN1C(=O)[C@H]2[C@@H]3CC[C@@H](C3)[C@@H]2C1=O)Nc1ccc(F)cc1. The zero-order chi connectivity index (χ0) is 16.8. The van der Waals surface area contributed by atoms with Crippen LogP contribution in [0.1, 0.15) is 25.7 Å². The van der Waals surface area contributed by atoms with Crippen LogP contribution in [0, 0.1) is 29.5 Å². The van der Waals surface area contributed by atoms with Crippen LogP contribution in [0.3, 0.4) is 0 Å². The molecule has 24 heavy (non-hydrogen) atoms. The van der Waals surface area contributed by atoms with E-state index in [1.165, 1.54) is 29.2 Å². The Morgan fingerprint density at radius 2 is 1.67 bits per heavy atom. The van der Waals surface area contributed by atoms with E-state index in [2.05, 4.69) is 5.32 Å². The minimum absolute atomic E-state index is 0.0592. The molecule has 2 saturated carbocycles. The summed E-state index contributed by atoms with van der Waals surface area (Å²) in [6.45, 7) is 0.122. The lowest BCUT2D eigenvalue weighted by atomic mass is 9.81. The average Bonchev–Trinajstić information content (AvgIpc) is 3.23. The van der Waals surface area contributed by atoms with Gasteiger partial charge in [-0.2, -0.15) is 0 Å². The van der Waals surface area contributed by atoms with Crippen LogP contribution in [-0.2, 0) is 14.4 Å². The van der Waals surface area contributed by atoms with Crippen LogP contribution < -0.4 is 5.32 Å². The van der Waals surface area contributed by atoms with E-state index in [-0.39, 0.29) is 48.3 Å². The molecule has 4 rings (SSSR count). The maximum Gasteiger partial charge on any atom is 0.233 e. The highest BCUT2D eigenvalue weighted by Crippen LogP contribution is 2.56. The zero-order valence-corrected chi connectivity index (χ0v) is 13.2. The van der Waals surface area contributed by atoms with Crippen molar-refractivity contribution in [1.29, 1.82) is 0 Å². The third-order valence-electron chi connectivity index (χ3n) is 5.71. The molecule has 1 N–H and O–H groups in total. The van der Waals surface area contributed by atoms with Crippen molar-refractivity contribution in [3.05, 3.63) is 30.1 Å². The van der Waals surface area contributed by atoms with Gasteiger partial charge < -0.3 is 5.32 Å². The molecule has 2 bridgehead atoms. The van der Waals surface area contributed by atoms with E-state index in [4.69, 9.17) is 0 Å². The summed E-state index contributed by atoms with van der Waals surface area (Å²) in [4.78, 5) is 38.3. The highest BCUT2D eigenvalue weighted by molar-refractivity contribution is 6.06. The topological polar surface area (TPSA) is 66.5 Å². The standard InChI is InChI=1S/C18H19FN2O3/c19-12-3-5-13(6-4-12)20-14(22)7-8-21-17(23)15-10-1-2-11(9-10)16(15)18(21)24/h3-6,10-11,15-16H,1-2,7-9H2,(H,20,22)/t10-,11+,15-,16-/m0/s1. The second-order valence-corrected chi connectivity index (χ2v) is 7.02. The number of nitrogens with zero attached hydrogens (tertiary/aromatic N) is 1. The van der Waals surface area contributed by atoms with Crippen LogP contribution in [0.25, 0.3) is 0 Å². The molecule has 6 heteroatoms. The molecule has 0 unspecified atom stereocenters. The van der Waals surface area contributed by atoms with Gasteiger partial charge in [-0.3, -0.25) is 19.3 Å². The van der Waals surface area contributed by atoms with Gasteiger partial charge in [-0.25, -0.2) is 4.39 Å². The second kappa shape index (κ2) is 5.69. The van der Waals surface area contributed by atoms with Crippen molar-refractivity contribution >= 4 is 23.4 Å². The molecule has 1 aliphatic heterocycles. The van der Waals surface area contributed by atoms with E-state index >= 15 is 0 Å². The van der Waals surface area contributed by atoms with Crippen molar-refractivity contribution < 1.29 is 18.8 Å². The molecule has 1 heterocycles. The van der Waals surface area contributed by atoms with Gasteiger partial charge in [0, 0.05) is 18.7 Å². The Morgan fingerprint density at radius 1 is 1.08 bits per heavy atom. The van der Waals surface area contributed by atoms with Crippen molar-refractivity contribution in [3.63, 3.8) is 0 Å². The summed E-state index contributed by atoms with van der Waals surface area (Å²) in [6.07, 6.45) is 3.16. The quantitative estimate of drug-likeness (QED) is 0.861. The number of halogens is 1. The van der Waals surface area contributed by atoms with Gasteiger partial charge in [0.15, 0.2) is 0 Å². The molecule has 4 atom stereocenters. The number of amides is 3. The van der Waals surface area contributed by atoms with Gasteiger partial charge in [-0.15, -0.1) is 0 Å². The largest absolute Gasteiger partial charge is 0.326 e. The van der Waals surface area contributed by atoms with E-state index < -0.39 is 0 Å². The maximum absolute atomic E-state index is 12.8. The van der Waals surface area contributed by atoms with E-state index in [0.717, 1.165) is 19.3 Å². The predicted molar refractivity (Wildman–Crippen MR) is 84.2 cm³/mol. The van der Waals surface area contributed by atoms with Gasteiger partial charge in [0.25, 0.3) is 0 Å². The Morgan fingerprint density at radius 3 is 2.25 bits per heavy atom. The zero-order valence-electron chi connectivity index (χ0n) is 13.2. The third kappa shape index (κ3) is 2.41. The first-order chi connectivity index (χ1) is 11.5. The summed E-state index contributed by atoms with van der Waals surface area (Å²) in [5, 5.41) is 2.65. The van der Waals surface area contributed by atoms with Crippen LogP contribution in [0.15, 0.2) is 24.3 Å². The molecule has 0 aromatic heterocycles. The van der Waals surface area contributed by atoms with Crippen LogP contribution in [0.4, 0.5) is 10.1 Å². The average molecular weight is 330 g/mol. The number of fused-ring (bicyclic) bond motifs is 5. The highest BCUT2D eigenvalue weighted by Gasteiger charge is 2.60. The van der Waals surface area contributed by atoms with E-state index in [9.17, 15) is 18.8 Å². The number of carbonyl (C=O) groups is 3. The van der Waals surface area contributed by atoms with E-state index in [0.29, 0.717) is 17.5 Å². The fourth-order valence-corrected chi connectivity index (χ4v) is 4.66. The first-order valence-electron chi connectivity index (χ1n) is 8.45. The van der Waals surface area contributed by atoms with Crippen molar-refractivity contribution in [2.45, 2.75) is 25.7 Å². The summed E-state index contributed by atoms with van der Waals surface area (Å²) in [7, 11) is 0. The number of carbonyl (C=O) groups excluding carboxylic acids is 3. The molecule has 3 fully saturated rings. The van der Waals surface area contributed by atoms with Crippen LogP contribution >= 0.6 is 0 Å². The maximum atomic E-state index is 12.8. The van der Waals surface area contributed by atoms with Crippen molar-refractivity contribution in [2.24, 2.45) is 23.7 Å². The molecule has 2 aliphatic carbocycles. The fraction of sp³-hybridized carbons (Fsp3) is 0.500. The number of imide groups is 1. The first-order valence-corrected chi connectivity index (χ1v) is 8.45. The minimum Gasteiger partial charge on any atom is -0.326 e. The molecular weight excluding hydrogens is 311 g/mol. The Kier molecular flexibility index (Phi) is 3.62. The molecule has 5 nitrogen and oxygen atoms in total. The van der Waals surface area contributed by atoms with Gasteiger partial charge in [0.2, 0.25) is 17.7 Å². The molecule has 3 amide bonds. The van der Waals surface area contributed by atoms with Crippen LogP contribution in [0.5, 0.6) is 0 Å². The summed E-state index contributed by atoms with van der Waals surface area (Å²) in [5.41, 5.74) is 0.496. The van der Waals surface area contributed by atoms with E-state index in [1.807, 2.05) is 0 Å². The molecular formula is C18H19FN2O3. The van der Waals surface area contributed by atoms with E-state index in [1.54, 1.807) is 0 Å². The molecule has 126 valence electrons. The van der Waals surface area contributed by atoms with Crippen molar-refractivity contribution in [1.82, 2.24) is 4.90 Å². The molecule has 1 saturated heterocycles. The van der Waals surface area contributed by atoms with Gasteiger partial charge in [0.05, 0.1) is 11.8 Å². The summed E-state index contributed by atoms with van der Waals surface area (Å²) in [6, 6.07) is 5.48. The fourth-order valence-electron chi connectivity index (χ4n) is 4.66. The Balaban J connectivity index is 1.36. The Bertz CT molecular complexity index is 675. The number of rotatable bonds is 4. The molecule has 1 aromatic carbocycles. The number of likely N-dealkylation sites (tertiary alicyclic amines) is 1. The lowest BCUT2D eigenvalue weighted by Crippen LogP contribution is -2.35. The lowest BCUT2D eigenvalue weighted by Gasteiger charge is -2.19. The van der Waals surface area contributed by atoms with Crippen molar-refractivity contribution in [3.8, 4) is 0 Å². The summed E-state index contributed by atoms with van der Waals surface area (Å²) in [5.74, 6) is -0.417. The monoisotopic (exact) mass is 330 g/mol. The van der Waals surface area contributed by atoms with Gasteiger partial charge >= 0.3 is 0 Å². The minimum atomic E-state index is -0.373. The second-order valence-electron chi connectivity index (χ2n) is 7.02. The predicted octanol–water partition coefficient (Wildman–Crippen LogP) is 2.19. The van der Waals surface area contributed by atoms with Gasteiger partial charge in [0.1, 0.15) is 5.82 Å². The number of hydrogen-bond donors (Lipinski definition) is 1. The number of hydrogen-bond acceptors (Lipinski definition) is 3. The lowest BCUT2D eigenvalue weighted by molar-refractivity contribution is -0.140. The van der Waals surface area contributed by atoms with Crippen LogP contribution in [0.2, 0.25) is 0 Å². The Hall–Kier alpha value is -2.24. The smallest absolute Gasteiger partial charge is 0.233 e. The number of anilines is 1. The normalized spacial score (nSPS) is 30.8. The Labute approximate surface area is 139 Å². The van der Waals surface area contributed by atoms with Crippen LogP contribution in [-0.4, -0.2) is 29.2 Å².